The van der Waals surface area contributed by atoms with Gasteiger partial charge in [-0.25, -0.2) is 4.98 Å². The molecule has 0 aliphatic carbocycles. The normalized spacial score (nSPS) is 10.6. The molecule has 2 rings (SSSR count). The van der Waals surface area contributed by atoms with Gasteiger partial charge in [-0.15, -0.1) is 0 Å². The first-order valence-electron chi connectivity index (χ1n) is 6.38. The molecule has 3 nitrogen and oxygen atoms in total. The van der Waals surface area contributed by atoms with Gasteiger partial charge in [0.05, 0.1) is 9.99 Å². The van der Waals surface area contributed by atoms with Gasteiger partial charge in [0.25, 0.3) is 0 Å². The van der Waals surface area contributed by atoms with E-state index in [4.69, 9.17) is 0 Å². The number of carbonyl (C=O) groups excluding carboxylic acids is 1. The van der Waals surface area contributed by atoms with E-state index >= 15 is 0 Å². The third-order valence-corrected chi connectivity index (χ3v) is 3.56. The summed E-state index contributed by atoms with van der Waals surface area (Å²) in [4.78, 5) is 18.1. The lowest BCUT2D eigenvalue weighted by Crippen LogP contribution is -2.31. The van der Waals surface area contributed by atoms with Crippen molar-refractivity contribution in [3.05, 3.63) is 46.5 Å². The molecule has 4 heteroatoms. The van der Waals surface area contributed by atoms with Crippen LogP contribution in [0.3, 0.4) is 0 Å². The van der Waals surface area contributed by atoms with Crippen LogP contribution in [-0.4, -0.2) is 17.4 Å². The molecular weight excluding hydrogens is 316 g/mol. The van der Waals surface area contributed by atoms with Crippen molar-refractivity contribution in [1.29, 1.82) is 0 Å². The summed E-state index contributed by atoms with van der Waals surface area (Å²) in [7, 11) is 0. The summed E-state index contributed by atoms with van der Waals surface area (Å²) < 4.78 is 0.810. The minimum Gasteiger partial charge on any atom is -0.292 e. The highest BCUT2D eigenvalue weighted by atomic mass is 79.9. The second-order valence-electron chi connectivity index (χ2n) is 5.05. The van der Waals surface area contributed by atoms with Gasteiger partial charge in [-0.05, 0) is 47.5 Å². The lowest BCUT2D eigenvalue weighted by Gasteiger charge is -2.22. The highest BCUT2D eigenvalue weighted by Gasteiger charge is 2.17. The predicted molar refractivity (Wildman–Crippen MR) is 87.0 cm³/mol. The van der Waals surface area contributed by atoms with Crippen LogP contribution in [0, 0.1) is 6.92 Å². The van der Waals surface area contributed by atoms with Crippen LogP contribution >= 0.6 is 15.9 Å². The third-order valence-electron chi connectivity index (χ3n) is 2.97. The molecule has 0 unspecified atom stereocenters. The Balaban J connectivity index is 2.59. The monoisotopic (exact) mass is 332 g/mol. The summed E-state index contributed by atoms with van der Waals surface area (Å²) in [5.41, 5.74) is 2.95. The number of hydrogen-bond donors (Lipinski definition) is 0. The fourth-order valence-corrected chi connectivity index (χ4v) is 2.59. The number of benzene rings is 1. The van der Waals surface area contributed by atoms with Gasteiger partial charge in [-0.1, -0.05) is 24.3 Å². The Morgan fingerprint density at radius 2 is 2.05 bits per heavy atom. The van der Waals surface area contributed by atoms with Crippen LogP contribution in [0.2, 0.25) is 0 Å². The number of hydrogen-bond acceptors (Lipinski definition) is 2. The van der Waals surface area contributed by atoms with E-state index in [0.29, 0.717) is 12.4 Å². The number of aryl methyl sites for hydroxylation is 1. The topological polar surface area (TPSA) is 33.2 Å². The number of anilines is 1. The molecule has 0 bridgehead atoms. The van der Waals surface area contributed by atoms with Crippen molar-refractivity contribution in [2.75, 3.05) is 11.4 Å². The maximum Gasteiger partial charge on any atom is 0.225 e. The smallest absolute Gasteiger partial charge is 0.225 e. The first kappa shape index (κ1) is 14.7. The Morgan fingerprint density at radius 3 is 2.65 bits per heavy atom. The molecule has 104 valence electrons. The van der Waals surface area contributed by atoms with Gasteiger partial charge in [0.2, 0.25) is 5.91 Å². The van der Waals surface area contributed by atoms with Crippen LogP contribution in [0.15, 0.2) is 40.9 Å². The molecule has 0 atom stereocenters. The average molecular weight is 333 g/mol. The third kappa shape index (κ3) is 3.07. The van der Waals surface area contributed by atoms with Crippen LogP contribution in [-0.2, 0) is 4.79 Å². The Kier molecular flexibility index (Phi) is 4.23. The second-order valence-corrected chi connectivity index (χ2v) is 5.91. The number of halogens is 1. The number of rotatable bonds is 3. The van der Waals surface area contributed by atoms with Crippen molar-refractivity contribution in [3.8, 4) is 0 Å². The average Bonchev–Trinajstić information content (AvgIpc) is 2.35. The van der Waals surface area contributed by atoms with Crippen molar-refractivity contribution in [3.63, 3.8) is 0 Å². The molecule has 1 aromatic carbocycles. The van der Waals surface area contributed by atoms with Crippen molar-refractivity contribution in [1.82, 2.24) is 4.98 Å². The number of amides is 1. The zero-order valence-electron chi connectivity index (χ0n) is 11.9. The largest absolute Gasteiger partial charge is 0.292 e. The van der Waals surface area contributed by atoms with E-state index in [1.165, 1.54) is 6.92 Å². The number of pyridine rings is 1. The summed E-state index contributed by atoms with van der Waals surface area (Å²) in [6.45, 7) is 9.81. The van der Waals surface area contributed by atoms with Crippen molar-refractivity contribution >= 4 is 38.6 Å². The summed E-state index contributed by atoms with van der Waals surface area (Å²) in [6.07, 6.45) is 0. The van der Waals surface area contributed by atoms with Gasteiger partial charge in [-0.3, -0.25) is 9.69 Å². The molecule has 2 aromatic rings. The molecule has 0 spiro atoms. The molecule has 0 fully saturated rings. The van der Waals surface area contributed by atoms with E-state index in [9.17, 15) is 4.79 Å². The maximum atomic E-state index is 11.9. The Labute approximate surface area is 127 Å². The molecule has 0 aliphatic heterocycles. The van der Waals surface area contributed by atoms with Gasteiger partial charge in [0, 0.05) is 18.9 Å². The number of aromatic nitrogens is 1. The van der Waals surface area contributed by atoms with E-state index in [1.807, 2.05) is 38.1 Å². The van der Waals surface area contributed by atoms with E-state index in [-0.39, 0.29) is 5.91 Å². The highest BCUT2D eigenvalue weighted by Crippen LogP contribution is 2.29. The molecule has 0 saturated carbocycles. The molecular formula is C16H17BrN2O. The molecule has 0 saturated heterocycles. The standard InChI is InChI=1S/C16H17BrN2O/c1-10(2)9-19(12(4)20)16-14(17)8-13-6-5-11(3)7-15(13)18-16/h5-8H,1,9H2,2-4H3. The Bertz CT molecular complexity index is 694. The second kappa shape index (κ2) is 5.75. The molecule has 0 N–H and O–H groups in total. The fourth-order valence-electron chi connectivity index (χ4n) is 2.04. The van der Waals surface area contributed by atoms with Crippen LogP contribution in [0.5, 0.6) is 0 Å². The maximum absolute atomic E-state index is 11.9. The fraction of sp³-hybridized carbons (Fsp3) is 0.250. The minimum atomic E-state index is -0.0480. The molecule has 1 heterocycles. The quantitative estimate of drug-likeness (QED) is 0.788. The van der Waals surface area contributed by atoms with Crippen molar-refractivity contribution in [2.24, 2.45) is 0 Å². The number of fused-ring (bicyclic) bond motifs is 1. The summed E-state index contributed by atoms with van der Waals surface area (Å²) in [5, 5.41) is 1.05. The van der Waals surface area contributed by atoms with Gasteiger partial charge in [0.1, 0.15) is 0 Å². The van der Waals surface area contributed by atoms with E-state index < -0.39 is 0 Å². The summed E-state index contributed by atoms with van der Waals surface area (Å²) in [5.74, 6) is 0.590. The van der Waals surface area contributed by atoms with Crippen molar-refractivity contribution in [2.45, 2.75) is 20.8 Å². The van der Waals surface area contributed by atoms with Gasteiger partial charge in [0.15, 0.2) is 5.82 Å². The predicted octanol–water partition coefficient (Wildman–Crippen LogP) is 4.23. The zero-order valence-corrected chi connectivity index (χ0v) is 13.5. The number of nitrogens with zero attached hydrogens (tertiary/aromatic N) is 2. The minimum absolute atomic E-state index is 0.0480. The lowest BCUT2D eigenvalue weighted by molar-refractivity contribution is -0.116. The Morgan fingerprint density at radius 1 is 1.35 bits per heavy atom. The van der Waals surface area contributed by atoms with Crippen LogP contribution < -0.4 is 4.90 Å². The van der Waals surface area contributed by atoms with Gasteiger partial charge < -0.3 is 0 Å². The zero-order chi connectivity index (χ0) is 14.9. The SMILES string of the molecule is C=C(C)CN(C(C)=O)c1nc2cc(C)ccc2cc1Br. The van der Waals surface area contributed by atoms with Crippen LogP contribution in [0.1, 0.15) is 19.4 Å². The summed E-state index contributed by atoms with van der Waals surface area (Å²) in [6, 6.07) is 8.09. The molecule has 0 radical (unpaired) electrons. The first-order valence-corrected chi connectivity index (χ1v) is 7.17. The first-order chi connectivity index (χ1) is 9.38. The van der Waals surface area contributed by atoms with Gasteiger partial charge in [-0.2, -0.15) is 0 Å². The lowest BCUT2D eigenvalue weighted by atomic mass is 10.1. The number of carbonyl (C=O) groups is 1. The van der Waals surface area contributed by atoms with E-state index in [2.05, 4.69) is 27.5 Å². The molecule has 1 amide bonds. The van der Waals surface area contributed by atoms with Crippen molar-refractivity contribution < 1.29 is 4.79 Å². The van der Waals surface area contributed by atoms with E-state index in [1.54, 1.807) is 4.90 Å². The highest BCUT2D eigenvalue weighted by molar-refractivity contribution is 9.10. The molecule has 0 aliphatic rings. The van der Waals surface area contributed by atoms with Gasteiger partial charge >= 0.3 is 0 Å². The Hall–Kier alpha value is -1.68. The van der Waals surface area contributed by atoms with E-state index in [0.717, 1.165) is 26.5 Å². The summed E-state index contributed by atoms with van der Waals surface area (Å²) >= 11 is 3.51. The molecule has 1 aromatic heterocycles. The van der Waals surface area contributed by atoms with Crippen LogP contribution in [0.25, 0.3) is 10.9 Å². The molecule has 20 heavy (non-hydrogen) atoms. The van der Waals surface area contributed by atoms with Crippen LogP contribution in [0.4, 0.5) is 5.82 Å².